The van der Waals surface area contributed by atoms with Gasteiger partial charge in [-0.1, -0.05) is 72.8 Å². The number of rotatable bonds is 7. The predicted molar refractivity (Wildman–Crippen MR) is 127 cm³/mol. The van der Waals surface area contributed by atoms with Crippen LogP contribution in [0, 0.1) is 6.92 Å². The molecule has 5 heteroatoms. The minimum atomic E-state index is -0.0698. The standard InChI is InChI=1S/C25H22N2OS2/c1-19-9-8-14-22(15-19)27-25(28)24(30-18-21-12-6-3-7-13-21)23(16-26-27)29-17-20-10-4-2-5-11-20/h2-16H,17-18H2,1H3. The molecule has 150 valence electrons. The van der Waals surface area contributed by atoms with Crippen LogP contribution in [0.5, 0.6) is 0 Å². The molecule has 0 saturated heterocycles. The number of hydrogen-bond donors (Lipinski definition) is 0. The second-order valence-electron chi connectivity index (χ2n) is 6.94. The predicted octanol–water partition coefficient (Wildman–Crippen LogP) is 6.13. The SMILES string of the molecule is Cc1cccc(-n2ncc(SCc3ccccc3)c(SCc3ccccc3)c2=O)c1. The van der Waals surface area contributed by atoms with Crippen LogP contribution >= 0.6 is 23.5 Å². The molecular weight excluding hydrogens is 408 g/mol. The van der Waals surface area contributed by atoms with Crippen LogP contribution in [0.4, 0.5) is 0 Å². The summed E-state index contributed by atoms with van der Waals surface area (Å²) in [6.45, 7) is 2.02. The van der Waals surface area contributed by atoms with Gasteiger partial charge >= 0.3 is 0 Å². The molecule has 0 amide bonds. The first-order valence-electron chi connectivity index (χ1n) is 9.73. The highest BCUT2D eigenvalue weighted by atomic mass is 32.2. The fourth-order valence-corrected chi connectivity index (χ4v) is 5.18. The van der Waals surface area contributed by atoms with Crippen molar-refractivity contribution in [1.29, 1.82) is 0 Å². The summed E-state index contributed by atoms with van der Waals surface area (Å²) in [6.07, 6.45) is 1.82. The molecule has 30 heavy (non-hydrogen) atoms. The third-order valence-electron chi connectivity index (χ3n) is 4.61. The number of hydrogen-bond acceptors (Lipinski definition) is 4. The molecule has 0 aliphatic rings. The van der Waals surface area contributed by atoms with Crippen LogP contribution in [0.25, 0.3) is 5.69 Å². The molecule has 0 bridgehead atoms. The van der Waals surface area contributed by atoms with Gasteiger partial charge in [0.2, 0.25) is 0 Å². The molecule has 0 fully saturated rings. The lowest BCUT2D eigenvalue weighted by atomic mass is 10.2. The largest absolute Gasteiger partial charge is 0.286 e. The molecule has 4 aromatic rings. The van der Waals surface area contributed by atoms with Gasteiger partial charge in [0.15, 0.2) is 0 Å². The normalized spacial score (nSPS) is 10.8. The molecule has 0 N–H and O–H groups in total. The van der Waals surface area contributed by atoms with Crippen LogP contribution in [0.15, 0.2) is 106 Å². The van der Waals surface area contributed by atoms with Gasteiger partial charge in [0.1, 0.15) is 0 Å². The van der Waals surface area contributed by atoms with Gasteiger partial charge in [0, 0.05) is 16.4 Å². The fourth-order valence-electron chi connectivity index (χ4n) is 3.07. The third-order valence-corrected chi connectivity index (χ3v) is 7.00. The average molecular weight is 431 g/mol. The van der Waals surface area contributed by atoms with Gasteiger partial charge in [-0.3, -0.25) is 4.79 Å². The van der Waals surface area contributed by atoms with Crippen LogP contribution in [0.1, 0.15) is 16.7 Å². The first-order valence-corrected chi connectivity index (χ1v) is 11.7. The minimum absolute atomic E-state index is 0.0698. The Morgan fingerprint density at radius 1 is 0.800 bits per heavy atom. The van der Waals surface area contributed by atoms with Crippen LogP contribution in [0.2, 0.25) is 0 Å². The Bertz CT molecular complexity index is 1170. The van der Waals surface area contributed by atoms with Crippen molar-refractivity contribution >= 4 is 23.5 Å². The molecule has 0 unspecified atom stereocenters. The van der Waals surface area contributed by atoms with E-state index in [0.29, 0.717) is 0 Å². The fraction of sp³-hybridized carbons (Fsp3) is 0.120. The van der Waals surface area contributed by atoms with Gasteiger partial charge in [0.25, 0.3) is 5.56 Å². The van der Waals surface area contributed by atoms with Crippen molar-refractivity contribution in [3.05, 3.63) is 118 Å². The van der Waals surface area contributed by atoms with Gasteiger partial charge in [-0.15, -0.1) is 23.5 Å². The van der Waals surface area contributed by atoms with E-state index in [-0.39, 0.29) is 5.56 Å². The minimum Gasteiger partial charge on any atom is -0.266 e. The highest BCUT2D eigenvalue weighted by molar-refractivity contribution is 8.01. The number of aryl methyl sites for hydroxylation is 1. The Morgan fingerprint density at radius 3 is 2.07 bits per heavy atom. The Balaban J connectivity index is 1.67. The quantitative estimate of drug-likeness (QED) is 0.331. The zero-order valence-corrected chi connectivity index (χ0v) is 18.3. The van der Waals surface area contributed by atoms with E-state index in [9.17, 15) is 4.79 Å². The van der Waals surface area contributed by atoms with Crippen molar-refractivity contribution in [3.8, 4) is 5.69 Å². The van der Waals surface area contributed by atoms with E-state index < -0.39 is 0 Å². The number of thioether (sulfide) groups is 2. The topological polar surface area (TPSA) is 34.9 Å². The summed E-state index contributed by atoms with van der Waals surface area (Å²) in [5.74, 6) is 1.54. The maximum atomic E-state index is 13.4. The maximum Gasteiger partial charge on any atom is 0.286 e. The zero-order valence-electron chi connectivity index (χ0n) is 16.7. The monoisotopic (exact) mass is 430 g/mol. The lowest BCUT2D eigenvalue weighted by Gasteiger charge is -2.12. The third kappa shape index (κ3) is 5.04. The van der Waals surface area contributed by atoms with E-state index >= 15 is 0 Å². The lowest BCUT2D eigenvalue weighted by Crippen LogP contribution is -2.23. The van der Waals surface area contributed by atoms with E-state index in [0.717, 1.165) is 32.5 Å². The summed E-state index contributed by atoms with van der Waals surface area (Å²) in [5.41, 5.74) is 4.24. The first kappa shape index (κ1) is 20.5. The van der Waals surface area contributed by atoms with Crippen LogP contribution in [-0.2, 0) is 11.5 Å². The summed E-state index contributed by atoms with van der Waals surface area (Å²) in [5, 5.41) is 4.49. The van der Waals surface area contributed by atoms with E-state index in [1.54, 1.807) is 23.5 Å². The molecule has 3 aromatic carbocycles. The highest BCUT2D eigenvalue weighted by Crippen LogP contribution is 2.32. The van der Waals surface area contributed by atoms with Crippen molar-refractivity contribution in [2.45, 2.75) is 28.2 Å². The summed E-state index contributed by atoms with van der Waals surface area (Å²) in [4.78, 5) is 15.1. The van der Waals surface area contributed by atoms with Crippen molar-refractivity contribution < 1.29 is 0 Å². The van der Waals surface area contributed by atoms with Gasteiger partial charge in [0.05, 0.1) is 16.8 Å². The molecule has 0 spiro atoms. The summed E-state index contributed by atoms with van der Waals surface area (Å²) in [7, 11) is 0. The van der Waals surface area contributed by atoms with E-state index in [4.69, 9.17) is 0 Å². The molecule has 0 aliphatic carbocycles. The molecule has 0 radical (unpaired) electrons. The molecule has 0 atom stereocenters. The van der Waals surface area contributed by atoms with E-state index in [1.165, 1.54) is 15.8 Å². The van der Waals surface area contributed by atoms with Crippen LogP contribution < -0.4 is 5.56 Å². The van der Waals surface area contributed by atoms with Crippen molar-refractivity contribution in [1.82, 2.24) is 9.78 Å². The maximum absolute atomic E-state index is 13.4. The lowest BCUT2D eigenvalue weighted by molar-refractivity contribution is 0.755. The van der Waals surface area contributed by atoms with Gasteiger partial charge in [-0.05, 0) is 35.7 Å². The van der Waals surface area contributed by atoms with E-state index in [2.05, 4.69) is 29.4 Å². The molecule has 1 heterocycles. The Hall–Kier alpha value is -2.76. The molecule has 4 rings (SSSR count). The zero-order chi connectivity index (χ0) is 20.8. The second kappa shape index (κ2) is 9.83. The van der Waals surface area contributed by atoms with Gasteiger partial charge < -0.3 is 0 Å². The second-order valence-corrected chi connectivity index (χ2v) is 8.95. The summed E-state index contributed by atoms with van der Waals surface area (Å²) < 4.78 is 1.51. The van der Waals surface area contributed by atoms with Crippen LogP contribution in [-0.4, -0.2) is 9.78 Å². The van der Waals surface area contributed by atoms with Crippen molar-refractivity contribution in [3.63, 3.8) is 0 Å². The Kier molecular flexibility index (Phi) is 6.72. The van der Waals surface area contributed by atoms with Crippen LogP contribution in [0.3, 0.4) is 0 Å². The number of aromatic nitrogens is 2. The Morgan fingerprint density at radius 2 is 1.43 bits per heavy atom. The van der Waals surface area contributed by atoms with Crippen molar-refractivity contribution in [2.24, 2.45) is 0 Å². The highest BCUT2D eigenvalue weighted by Gasteiger charge is 2.14. The summed E-state index contributed by atoms with van der Waals surface area (Å²) >= 11 is 3.24. The molecular formula is C25H22N2OS2. The first-order chi connectivity index (χ1) is 14.7. The van der Waals surface area contributed by atoms with Gasteiger partial charge in [-0.25, -0.2) is 0 Å². The molecule has 3 nitrogen and oxygen atoms in total. The molecule has 1 aromatic heterocycles. The smallest absolute Gasteiger partial charge is 0.266 e. The van der Waals surface area contributed by atoms with E-state index in [1.807, 2.05) is 73.8 Å². The molecule has 0 saturated carbocycles. The summed E-state index contributed by atoms with van der Waals surface area (Å²) in [6, 6.07) is 28.4. The average Bonchev–Trinajstić information content (AvgIpc) is 2.78. The Labute approximate surface area is 185 Å². The number of nitrogens with zero attached hydrogens (tertiary/aromatic N) is 2. The van der Waals surface area contributed by atoms with Gasteiger partial charge in [-0.2, -0.15) is 9.78 Å². The van der Waals surface area contributed by atoms with Crippen molar-refractivity contribution in [2.75, 3.05) is 0 Å². The molecule has 0 aliphatic heterocycles. The number of benzene rings is 3.